The third kappa shape index (κ3) is 3.82. The molecule has 3 aromatic rings. The molecule has 2 heterocycles. The molecule has 0 unspecified atom stereocenters. The fraction of sp³-hybridized carbons (Fsp3) is 0.290. The number of halogens is 2. The van der Waals surface area contributed by atoms with Gasteiger partial charge in [0, 0.05) is 17.2 Å². The first-order valence-electron chi connectivity index (χ1n) is 13.4. The largest absolute Gasteiger partial charge is 0.347 e. The lowest BCUT2D eigenvalue weighted by atomic mass is 9.47. The molecule has 8 nitrogen and oxygen atoms in total. The Hall–Kier alpha value is -3.56. The van der Waals surface area contributed by atoms with Crippen LogP contribution in [0.25, 0.3) is 0 Å². The van der Waals surface area contributed by atoms with E-state index in [9.17, 15) is 14.4 Å². The van der Waals surface area contributed by atoms with Gasteiger partial charge in [-0.1, -0.05) is 71.7 Å². The van der Waals surface area contributed by atoms with E-state index in [1.165, 1.54) is 11.0 Å². The van der Waals surface area contributed by atoms with Gasteiger partial charge in [0.05, 0.1) is 47.6 Å². The number of anilines is 1. The molecule has 0 aromatic heterocycles. The molecule has 41 heavy (non-hydrogen) atoms. The van der Waals surface area contributed by atoms with Crippen molar-refractivity contribution in [2.45, 2.75) is 30.5 Å². The van der Waals surface area contributed by atoms with E-state index in [2.05, 4.69) is 10.5 Å². The zero-order valence-electron chi connectivity index (χ0n) is 22.0. The number of ether oxygens (including phenoxy) is 2. The second-order valence-electron chi connectivity index (χ2n) is 10.9. The van der Waals surface area contributed by atoms with E-state index >= 15 is 0 Å². The molecule has 1 N–H and O–H groups in total. The van der Waals surface area contributed by atoms with Crippen LogP contribution in [0.2, 0.25) is 10.0 Å². The first-order chi connectivity index (χ1) is 19.7. The predicted molar refractivity (Wildman–Crippen MR) is 153 cm³/mol. The molecule has 2 aliphatic heterocycles. The Bertz CT molecular complexity index is 1600. The third-order valence-corrected chi connectivity index (χ3v) is 9.21. The van der Waals surface area contributed by atoms with Crippen molar-refractivity contribution in [1.82, 2.24) is 5.43 Å². The number of hydrogen-bond donors (Lipinski definition) is 1. The Morgan fingerprint density at radius 1 is 1.00 bits per heavy atom. The lowest BCUT2D eigenvalue weighted by molar-refractivity contribution is -0.159. The van der Waals surface area contributed by atoms with Crippen LogP contribution in [0.5, 0.6) is 0 Å². The van der Waals surface area contributed by atoms with Gasteiger partial charge in [0.15, 0.2) is 5.79 Å². The minimum atomic E-state index is -1.12. The van der Waals surface area contributed by atoms with Crippen molar-refractivity contribution in [1.29, 1.82) is 0 Å². The zero-order valence-corrected chi connectivity index (χ0v) is 23.5. The van der Waals surface area contributed by atoms with E-state index in [0.29, 0.717) is 18.2 Å². The first kappa shape index (κ1) is 26.3. The molecule has 10 heteroatoms. The molecule has 208 valence electrons. The molecule has 2 atom stereocenters. The van der Waals surface area contributed by atoms with Gasteiger partial charge in [-0.05, 0) is 47.4 Å². The summed E-state index contributed by atoms with van der Waals surface area (Å²) in [5.41, 5.74) is 5.44. The maximum absolute atomic E-state index is 14.4. The Labute approximate surface area is 246 Å². The molecule has 3 aliphatic carbocycles. The van der Waals surface area contributed by atoms with Gasteiger partial charge in [-0.15, -0.1) is 0 Å². The van der Waals surface area contributed by atoms with Crippen molar-refractivity contribution < 1.29 is 23.9 Å². The molecule has 8 rings (SSSR count). The quantitative estimate of drug-likeness (QED) is 0.262. The van der Waals surface area contributed by atoms with E-state index in [1.54, 1.807) is 25.3 Å². The average Bonchev–Trinajstić information content (AvgIpc) is 3.50. The van der Waals surface area contributed by atoms with Crippen LogP contribution in [-0.4, -0.2) is 42.9 Å². The second kappa shape index (κ2) is 9.49. The molecular weight excluding hydrogens is 565 g/mol. The van der Waals surface area contributed by atoms with Crippen molar-refractivity contribution in [3.05, 3.63) is 99.0 Å². The lowest BCUT2D eigenvalue weighted by Gasteiger charge is -2.52. The van der Waals surface area contributed by atoms with Gasteiger partial charge in [-0.25, -0.2) is 10.3 Å². The van der Waals surface area contributed by atoms with Crippen molar-refractivity contribution in [2.75, 3.05) is 18.1 Å². The normalized spacial score (nSPS) is 27.2. The van der Waals surface area contributed by atoms with Crippen LogP contribution >= 0.6 is 23.2 Å². The van der Waals surface area contributed by atoms with Gasteiger partial charge in [-0.2, -0.15) is 5.10 Å². The minimum Gasteiger partial charge on any atom is -0.347 e. The minimum absolute atomic E-state index is 0.0428. The Morgan fingerprint density at radius 2 is 1.63 bits per heavy atom. The topological polar surface area (TPSA) is 97.3 Å². The van der Waals surface area contributed by atoms with E-state index in [4.69, 9.17) is 32.7 Å². The highest BCUT2D eigenvalue weighted by Crippen LogP contribution is 2.63. The molecule has 3 amide bonds. The summed E-state index contributed by atoms with van der Waals surface area (Å²) in [6.07, 6.45) is 1.57. The number of rotatable bonds is 5. The monoisotopic (exact) mass is 589 g/mol. The predicted octanol–water partition coefficient (Wildman–Crippen LogP) is 4.80. The SMILES string of the molecule is CC1(CC(=O)N/N=C\C23c4ccccc4C(c4ccccc42)[C@H]2C(=O)N(c4ccc(Cl)cc4Cl)C(=O)[C@@H]23)OCCO1. The molecule has 0 saturated carbocycles. The summed E-state index contributed by atoms with van der Waals surface area (Å²) < 4.78 is 11.1. The van der Waals surface area contributed by atoms with Crippen molar-refractivity contribution in [3.8, 4) is 0 Å². The highest BCUT2D eigenvalue weighted by molar-refractivity contribution is 6.38. The summed E-state index contributed by atoms with van der Waals surface area (Å²) in [5.74, 6) is -3.96. The second-order valence-corrected chi connectivity index (χ2v) is 11.8. The fourth-order valence-electron chi connectivity index (χ4n) is 7.15. The van der Waals surface area contributed by atoms with Crippen LogP contribution in [0.15, 0.2) is 71.8 Å². The Balaban J connectivity index is 1.36. The van der Waals surface area contributed by atoms with E-state index in [0.717, 1.165) is 22.3 Å². The van der Waals surface area contributed by atoms with Gasteiger partial charge in [-0.3, -0.25) is 14.4 Å². The summed E-state index contributed by atoms with van der Waals surface area (Å²) in [5, 5.41) is 5.03. The third-order valence-electron chi connectivity index (χ3n) is 8.67. The molecular formula is C31H25Cl2N3O5. The summed E-state index contributed by atoms with van der Waals surface area (Å²) in [6.45, 7) is 2.54. The average molecular weight is 590 g/mol. The molecule has 5 aliphatic rings. The van der Waals surface area contributed by atoms with Crippen molar-refractivity contribution in [2.24, 2.45) is 16.9 Å². The smallest absolute Gasteiger partial charge is 0.245 e. The molecule has 3 aromatic carbocycles. The van der Waals surface area contributed by atoms with Gasteiger partial charge in [0.2, 0.25) is 17.7 Å². The van der Waals surface area contributed by atoms with E-state index in [1.807, 2.05) is 48.5 Å². The van der Waals surface area contributed by atoms with Gasteiger partial charge < -0.3 is 9.47 Å². The van der Waals surface area contributed by atoms with Crippen LogP contribution in [0.3, 0.4) is 0 Å². The van der Waals surface area contributed by atoms with Gasteiger partial charge in [0.25, 0.3) is 0 Å². The molecule has 2 bridgehead atoms. The summed E-state index contributed by atoms with van der Waals surface area (Å²) >= 11 is 12.6. The number of imide groups is 1. The molecule has 0 spiro atoms. The summed E-state index contributed by atoms with van der Waals surface area (Å²) in [6, 6.07) is 20.3. The highest BCUT2D eigenvalue weighted by Gasteiger charge is 2.68. The number of amides is 3. The summed E-state index contributed by atoms with van der Waals surface area (Å²) in [7, 11) is 0. The number of carbonyl (C=O) groups excluding carboxylic acids is 3. The number of hydrazone groups is 1. The number of carbonyl (C=O) groups is 3. The van der Waals surface area contributed by atoms with E-state index < -0.39 is 28.9 Å². The van der Waals surface area contributed by atoms with Crippen LogP contribution in [0.1, 0.15) is 41.5 Å². The van der Waals surface area contributed by atoms with Gasteiger partial charge >= 0.3 is 0 Å². The Morgan fingerprint density at radius 3 is 2.27 bits per heavy atom. The number of nitrogens with zero attached hydrogens (tertiary/aromatic N) is 2. The maximum atomic E-state index is 14.4. The van der Waals surface area contributed by atoms with Crippen LogP contribution in [-0.2, 0) is 29.3 Å². The molecule has 0 radical (unpaired) electrons. The van der Waals surface area contributed by atoms with Crippen molar-refractivity contribution in [3.63, 3.8) is 0 Å². The highest BCUT2D eigenvalue weighted by atomic mass is 35.5. The molecule has 2 saturated heterocycles. The van der Waals surface area contributed by atoms with Crippen molar-refractivity contribution >= 4 is 52.8 Å². The van der Waals surface area contributed by atoms with E-state index in [-0.39, 0.29) is 34.9 Å². The standard InChI is InChI=1S/C31H25Cl2N3O5/c1-30(40-12-13-41-30)15-24(37)35-34-16-31-20-8-4-2-6-18(20)25(19-7-3-5-9-21(19)31)26-27(31)29(39)36(28(26)38)23-11-10-17(32)14-22(23)33/h2-11,14,16,25-27H,12-13,15H2,1H3,(H,35,37)/b34-16-/t25?,26-,27-,31?/m1/s1. The van der Waals surface area contributed by atoms with Crippen LogP contribution < -0.4 is 10.3 Å². The number of nitrogens with one attached hydrogen (secondary N) is 1. The van der Waals surface area contributed by atoms with Gasteiger partial charge in [0.1, 0.15) is 0 Å². The first-order valence-corrected chi connectivity index (χ1v) is 14.1. The maximum Gasteiger partial charge on any atom is 0.245 e. The fourth-order valence-corrected chi connectivity index (χ4v) is 7.64. The zero-order chi connectivity index (χ0) is 28.5. The number of benzene rings is 3. The lowest BCUT2D eigenvalue weighted by Crippen LogP contribution is -2.54. The van der Waals surface area contributed by atoms with Crippen LogP contribution in [0, 0.1) is 11.8 Å². The Kier molecular flexibility index (Phi) is 6.10. The van der Waals surface area contributed by atoms with Crippen LogP contribution in [0.4, 0.5) is 5.69 Å². The number of hydrogen-bond acceptors (Lipinski definition) is 6. The molecule has 2 fully saturated rings. The summed E-state index contributed by atoms with van der Waals surface area (Å²) in [4.78, 5) is 42.7.